The maximum atomic E-state index is 10.3. The molecule has 2 unspecified atom stereocenters. The molecule has 1 aromatic rings. The summed E-state index contributed by atoms with van der Waals surface area (Å²) >= 11 is 0. The molecule has 3 heteroatoms. The molecule has 1 aliphatic rings. The van der Waals surface area contributed by atoms with Gasteiger partial charge in [-0.25, -0.2) is 0 Å². The molecule has 0 spiro atoms. The molecule has 3 nitrogen and oxygen atoms in total. The lowest BCUT2D eigenvalue weighted by molar-refractivity contribution is 0.0439. The number of nitrogens with zero attached hydrogens (tertiary/aromatic N) is 1. The lowest BCUT2D eigenvalue weighted by Gasteiger charge is -2.36. The van der Waals surface area contributed by atoms with E-state index in [0.717, 1.165) is 45.4 Å². The molecule has 0 aliphatic carbocycles. The van der Waals surface area contributed by atoms with Crippen molar-refractivity contribution in [3.8, 4) is 0 Å². The molecular formula is C18H30N2O. The first-order chi connectivity index (χ1) is 9.95. The van der Waals surface area contributed by atoms with E-state index in [1.54, 1.807) is 0 Å². The van der Waals surface area contributed by atoms with Crippen molar-refractivity contribution in [3.63, 3.8) is 0 Å². The first-order valence-electron chi connectivity index (χ1n) is 8.10. The van der Waals surface area contributed by atoms with Gasteiger partial charge in [0.15, 0.2) is 0 Å². The second-order valence-electron chi connectivity index (χ2n) is 7.08. The van der Waals surface area contributed by atoms with Crippen LogP contribution in [0.4, 0.5) is 0 Å². The molecule has 0 radical (unpaired) electrons. The fraction of sp³-hybridized carbons (Fsp3) is 0.667. The van der Waals surface area contributed by atoms with Crippen molar-refractivity contribution in [3.05, 3.63) is 35.9 Å². The number of likely N-dealkylation sites (N-methyl/N-ethyl adjacent to an activating group) is 1. The quantitative estimate of drug-likeness (QED) is 0.874. The zero-order chi connectivity index (χ0) is 15.3. The van der Waals surface area contributed by atoms with Gasteiger partial charge >= 0.3 is 0 Å². The van der Waals surface area contributed by atoms with Gasteiger partial charge in [0, 0.05) is 25.0 Å². The smallest absolute Gasteiger partial charge is 0.0632 e. The van der Waals surface area contributed by atoms with E-state index in [1.165, 1.54) is 5.56 Å². The third-order valence-corrected chi connectivity index (χ3v) is 4.77. The van der Waals surface area contributed by atoms with Gasteiger partial charge in [0.05, 0.1) is 5.60 Å². The van der Waals surface area contributed by atoms with Gasteiger partial charge in [-0.15, -0.1) is 0 Å². The van der Waals surface area contributed by atoms with E-state index in [-0.39, 0.29) is 5.41 Å². The van der Waals surface area contributed by atoms with Crippen LogP contribution in [0, 0.1) is 0 Å². The van der Waals surface area contributed by atoms with Crippen LogP contribution in [-0.2, 0) is 5.41 Å². The Morgan fingerprint density at radius 1 is 1.24 bits per heavy atom. The summed E-state index contributed by atoms with van der Waals surface area (Å²) in [5, 5.41) is 13.6. The van der Waals surface area contributed by atoms with Crippen molar-refractivity contribution in [1.82, 2.24) is 10.2 Å². The minimum absolute atomic E-state index is 0.103. The van der Waals surface area contributed by atoms with Crippen LogP contribution in [0.3, 0.4) is 0 Å². The number of aliphatic hydroxyl groups is 1. The van der Waals surface area contributed by atoms with Crippen molar-refractivity contribution in [1.29, 1.82) is 0 Å². The van der Waals surface area contributed by atoms with E-state index in [4.69, 9.17) is 0 Å². The largest absolute Gasteiger partial charge is 0.390 e. The summed E-state index contributed by atoms with van der Waals surface area (Å²) in [5.41, 5.74) is 1.00. The minimum Gasteiger partial charge on any atom is -0.390 e. The molecule has 0 saturated carbocycles. The Bertz CT molecular complexity index is 432. The molecule has 1 aliphatic heterocycles. The van der Waals surface area contributed by atoms with Crippen LogP contribution in [-0.4, -0.2) is 48.8 Å². The summed E-state index contributed by atoms with van der Waals surface area (Å²) in [7, 11) is 2.02. The topological polar surface area (TPSA) is 35.5 Å². The van der Waals surface area contributed by atoms with Crippen LogP contribution in [0.25, 0.3) is 0 Å². The maximum absolute atomic E-state index is 10.3. The van der Waals surface area contributed by atoms with E-state index in [1.807, 2.05) is 14.0 Å². The number of rotatable bonds is 5. The van der Waals surface area contributed by atoms with E-state index >= 15 is 0 Å². The summed E-state index contributed by atoms with van der Waals surface area (Å²) in [5.74, 6) is 0. The average molecular weight is 290 g/mol. The van der Waals surface area contributed by atoms with Gasteiger partial charge in [-0.3, -0.25) is 0 Å². The first-order valence-corrected chi connectivity index (χ1v) is 8.10. The number of benzene rings is 1. The standard InChI is InChI=1S/C18H30N2O/c1-17(14-19-3,16-8-5-4-6-9-16)15-20-12-7-10-18(2,21)11-13-20/h4-6,8-9,19,21H,7,10-15H2,1-3H3. The molecule has 1 heterocycles. The number of hydrogen-bond donors (Lipinski definition) is 2. The van der Waals surface area contributed by atoms with E-state index < -0.39 is 5.60 Å². The summed E-state index contributed by atoms with van der Waals surface area (Å²) < 4.78 is 0. The van der Waals surface area contributed by atoms with Crippen molar-refractivity contribution in [2.45, 2.75) is 44.1 Å². The highest BCUT2D eigenvalue weighted by atomic mass is 16.3. The lowest BCUT2D eigenvalue weighted by atomic mass is 9.81. The summed E-state index contributed by atoms with van der Waals surface area (Å²) in [4.78, 5) is 2.52. The summed E-state index contributed by atoms with van der Waals surface area (Å²) in [6.45, 7) is 8.38. The van der Waals surface area contributed by atoms with Gasteiger partial charge < -0.3 is 15.3 Å². The molecule has 0 aromatic heterocycles. The Morgan fingerprint density at radius 2 is 1.95 bits per heavy atom. The van der Waals surface area contributed by atoms with Crippen LogP contribution < -0.4 is 5.32 Å². The predicted molar refractivity (Wildman–Crippen MR) is 88.6 cm³/mol. The zero-order valence-electron chi connectivity index (χ0n) is 13.7. The number of nitrogens with one attached hydrogen (secondary N) is 1. The first kappa shape index (κ1) is 16.5. The third kappa shape index (κ3) is 4.53. The zero-order valence-corrected chi connectivity index (χ0v) is 13.7. The monoisotopic (exact) mass is 290 g/mol. The molecule has 2 atom stereocenters. The van der Waals surface area contributed by atoms with Crippen molar-refractivity contribution in [2.24, 2.45) is 0 Å². The Hall–Kier alpha value is -0.900. The Morgan fingerprint density at radius 3 is 2.62 bits per heavy atom. The Labute approximate surface area is 129 Å². The predicted octanol–water partition coefficient (Wildman–Crippen LogP) is 2.40. The van der Waals surface area contributed by atoms with E-state index in [2.05, 4.69) is 47.5 Å². The highest BCUT2D eigenvalue weighted by Gasteiger charge is 2.31. The van der Waals surface area contributed by atoms with Crippen molar-refractivity contribution >= 4 is 0 Å². The average Bonchev–Trinajstić information content (AvgIpc) is 2.61. The molecular weight excluding hydrogens is 260 g/mol. The molecule has 0 bridgehead atoms. The van der Waals surface area contributed by atoms with Gasteiger partial charge in [-0.05, 0) is 45.3 Å². The summed E-state index contributed by atoms with van der Waals surface area (Å²) in [6.07, 6.45) is 2.87. The molecule has 1 aromatic carbocycles. The van der Waals surface area contributed by atoms with Crippen molar-refractivity contribution in [2.75, 3.05) is 33.2 Å². The second kappa shape index (κ2) is 6.91. The lowest BCUT2D eigenvalue weighted by Crippen LogP contribution is -2.45. The minimum atomic E-state index is -0.485. The number of likely N-dealkylation sites (tertiary alicyclic amines) is 1. The van der Waals surface area contributed by atoms with Crippen LogP contribution in [0.2, 0.25) is 0 Å². The van der Waals surface area contributed by atoms with E-state index in [0.29, 0.717) is 0 Å². The van der Waals surface area contributed by atoms with Gasteiger partial charge in [0.25, 0.3) is 0 Å². The van der Waals surface area contributed by atoms with Gasteiger partial charge in [-0.2, -0.15) is 0 Å². The highest BCUT2D eigenvalue weighted by Crippen LogP contribution is 2.27. The van der Waals surface area contributed by atoms with Gasteiger partial charge in [0.1, 0.15) is 0 Å². The molecule has 1 saturated heterocycles. The molecule has 2 rings (SSSR count). The SMILES string of the molecule is CNCC(C)(CN1CCCC(C)(O)CC1)c1ccccc1. The van der Waals surface area contributed by atoms with Crippen LogP contribution in [0.5, 0.6) is 0 Å². The summed E-state index contributed by atoms with van der Waals surface area (Å²) in [6, 6.07) is 10.8. The molecule has 2 N–H and O–H groups in total. The second-order valence-corrected chi connectivity index (χ2v) is 7.08. The Balaban J connectivity index is 2.09. The van der Waals surface area contributed by atoms with Crippen LogP contribution in [0.15, 0.2) is 30.3 Å². The molecule has 21 heavy (non-hydrogen) atoms. The normalized spacial score (nSPS) is 27.0. The fourth-order valence-electron chi connectivity index (χ4n) is 3.45. The molecule has 0 amide bonds. The van der Waals surface area contributed by atoms with Gasteiger partial charge in [0.2, 0.25) is 0 Å². The van der Waals surface area contributed by atoms with Crippen LogP contribution >= 0.6 is 0 Å². The highest BCUT2D eigenvalue weighted by molar-refractivity contribution is 5.25. The van der Waals surface area contributed by atoms with Crippen LogP contribution in [0.1, 0.15) is 38.7 Å². The van der Waals surface area contributed by atoms with E-state index in [9.17, 15) is 5.11 Å². The molecule has 118 valence electrons. The van der Waals surface area contributed by atoms with Crippen molar-refractivity contribution < 1.29 is 5.11 Å². The fourth-order valence-corrected chi connectivity index (χ4v) is 3.45. The maximum Gasteiger partial charge on any atom is 0.0632 e. The number of hydrogen-bond acceptors (Lipinski definition) is 3. The Kier molecular flexibility index (Phi) is 5.42. The third-order valence-electron chi connectivity index (χ3n) is 4.77. The van der Waals surface area contributed by atoms with Gasteiger partial charge in [-0.1, -0.05) is 37.3 Å². The molecule has 1 fully saturated rings.